The van der Waals surface area contributed by atoms with Crippen LogP contribution < -0.4 is 10.6 Å². The summed E-state index contributed by atoms with van der Waals surface area (Å²) in [5, 5.41) is 11.2. The number of rotatable bonds is 4. The molecule has 0 fully saturated rings. The van der Waals surface area contributed by atoms with E-state index in [0.717, 1.165) is 11.3 Å². The molecule has 0 spiro atoms. The first-order valence-electron chi connectivity index (χ1n) is 5.90. The smallest absolute Gasteiger partial charge is 0.119 e. The predicted molar refractivity (Wildman–Crippen MR) is 75.3 cm³/mol. The van der Waals surface area contributed by atoms with Crippen LogP contribution >= 0.6 is 0 Å². The summed E-state index contributed by atoms with van der Waals surface area (Å²) in [6.07, 6.45) is 3.42. The lowest BCUT2D eigenvalue weighted by atomic mass is 10.1. The Balaban J connectivity index is 0.000000631. The molecule has 0 amide bonds. The topological polar surface area (TPSA) is 58.7 Å². The highest BCUT2D eigenvalue weighted by atomic mass is 16.5. The number of hydrogen-bond donors (Lipinski definition) is 2. The molecule has 3 N–H and O–H groups in total. The molecule has 18 heavy (non-hydrogen) atoms. The fourth-order valence-electron chi connectivity index (χ4n) is 1.23. The van der Waals surface area contributed by atoms with E-state index in [9.17, 15) is 5.11 Å². The Morgan fingerprint density at radius 3 is 2.44 bits per heavy atom. The van der Waals surface area contributed by atoms with E-state index in [1.165, 1.54) is 5.01 Å². The van der Waals surface area contributed by atoms with Crippen LogP contribution in [0.15, 0.2) is 36.4 Å². The van der Waals surface area contributed by atoms with Gasteiger partial charge in [-0.3, -0.25) is 5.84 Å². The number of nitrogens with zero attached hydrogens (tertiary/aromatic N) is 1. The largest absolute Gasteiger partial charge is 0.497 e. The van der Waals surface area contributed by atoms with E-state index in [1.807, 2.05) is 44.2 Å². The van der Waals surface area contributed by atoms with Gasteiger partial charge in [-0.2, -0.15) is 0 Å². The third kappa shape index (κ3) is 7.06. The Morgan fingerprint density at radius 1 is 1.39 bits per heavy atom. The monoisotopic (exact) mass is 252 g/mol. The first-order chi connectivity index (χ1) is 8.54. The number of hydrogen-bond acceptors (Lipinski definition) is 4. The van der Waals surface area contributed by atoms with Gasteiger partial charge in [-0.15, -0.1) is 0 Å². The maximum absolute atomic E-state index is 9.73. The van der Waals surface area contributed by atoms with Gasteiger partial charge in [0.1, 0.15) is 5.75 Å². The van der Waals surface area contributed by atoms with E-state index in [4.69, 9.17) is 10.6 Å². The molecule has 0 aromatic heterocycles. The lowest BCUT2D eigenvalue weighted by Crippen LogP contribution is -2.30. The molecule has 0 heterocycles. The highest BCUT2D eigenvalue weighted by Gasteiger charge is 2.09. The first-order valence-corrected chi connectivity index (χ1v) is 5.90. The van der Waals surface area contributed by atoms with Crippen molar-refractivity contribution in [1.29, 1.82) is 0 Å². The molecule has 102 valence electrons. The van der Waals surface area contributed by atoms with Gasteiger partial charge < -0.3 is 9.84 Å². The summed E-state index contributed by atoms with van der Waals surface area (Å²) in [4.78, 5) is 0. The summed E-state index contributed by atoms with van der Waals surface area (Å²) in [6.45, 7) is 4.40. The van der Waals surface area contributed by atoms with E-state index < -0.39 is 6.10 Å². The van der Waals surface area contributed by atoms with Crippen LogP contribution in [-0.4, -0.2) is 30.8 Å². The molecule has 0 bridgehead atoms. The Kier molecular flexibility index (Phi) is 8.92. The summed E-state index contributed by atoms with van der Waals surface area (Å²) in [7, 11) is 3.31. The van der Waals surface area contributed by atoms with Crippen molar-refractivity contribution in [2.24, 2.45) is 5.84 Å². The predicted octanol–water partition coefficient (Wildman–Crippen LogP) is 2.12. The Morgan fingerprint density at radius 2 is 2.00 bits per heavy atom. The van der Waals surface area contributed by atoms with Crippen LogP contribution in [0.1, 0.15) is 25.5 Å². The number of benzene rings is 1. The third-order valence-corrected chi connectivity index (χ3v) is 2.27. The average Bonchev–Trinajstić information content (AvgIpc) is 2.38. The molecule has 4 heteroatoms. The number of allylic oxidation sites excluding steroid dienone is 2. The second-order valence-electron chi connectivity index (χ2n) is 3.90. The summed E-state index contributed by atoms with van der Waals surface area (Å²) < 4.78 is 5.05. The maximum Gasteiger partial charge on any atom is 0.119 e. The zero-order valence-corrected chi connectivity index (χ0v) is 11.6. The van der Waals surface area contributed by atoms with Crippen LogP contribution in [0, 0.1) is 0 Å². The Bertz CT molecular complexity index is 347. The molecular weight excluding hydrogens is 228 g/mol. The number of nitrogens with two attached hydrogens (primary N) is 1. The third-order valence-electron chi connectivity index (χ3n) is 2.27. The van der Waals surface area contributed by atoms with Crippen molar-refractivity contribution in [3.8, 4) is 5.75 Å². The van der Waals surface area contributed by atoms with Crippen molar-refractivity contribution in [1.82, 2.24) is 5.01 Å². The highest BCUT2D eigenvalue weighted by Crippen LogP contribution is 2.18. The van der Waals surface area contributed by atoms with Crippen LogP contribution in [0.25, 0.3) is 0 Å². The number of ether oxygens (including phenoxy) is 1. The molecule has 0 saturated carbocycles. The van der Waals surface area contributed by atoms with Gasteiger partial charge in [-0.05, 0) is 31.5 Å². The minimum atomic E-state index is -0.583. The Labute approximate surface area is 110 Å². The summed E-state index contributed by atoms with van der Waals surface area (Å²) in [5.74, 6) is 6.18. The molecule has 0 aliphatic rings. The number of aliphatic hydroxyl groups excluding tert-OH is 1. The normalized spacial score (nSPS) is 12.2. The van der Waals surface area contributed by atoms with Gasteiger partial charge in [0.05, 0.1) is 13.2 Å². The van der Waals surface area contributed by atoms with Gasteiger partial charge >= 0.3 is 0 Å². The maximum atomic E-state index is 9.73. The minimum Gasteiger partial charge on any atom is -0.497 e. The number of likely N-dealkylation sites (N-methyl/N-ethyl adjacent to an activating group) is 1. The molecule has 0 aliphatic carbocycles. The van der Waals surface area contributed by atoms with Gasteiger partial charge in [-0.25, -0.2) is 5.01 Å². The molecule has 0 aliphatic heterocycles. The zero-order valence-electron chi connectivity index (χ0n) is 11.6. The second-order valence-corrected chi connectivity index (χ2v) is 3.90. The van der Waals surface area contributed by atoms with Gasteiger partial charge in [-0.1, -0.05) is 24.3 Å². The van der Waals surface area contributed by atoms with Crippen LogP contribution in [0.3, 0.4) is 0 Å². The van der Waals surface area contributed by atoms with Gasteiger partial charge in [0.2, 0.25) is 0 Å². The van der Waals surface area contributed by atoms with Crippen molar-refractivity contribution in [2.45, 2.75) is 20.0 Å². The molecule has 1 unspecified atom stereocenters. The molecule has 1 atom stereocenters. The van der Waals surface area contributed by atoms with Crippen molar-refractivity contribution in [3.05, 3.63) is 42.0 Å². The quantitative estimate of drug-likeness (QED) is 0.489. The van der Waals surface area contributed by atoms with Crippen LogP contribution in [0.2, 0.25) is 0 Å². The van der Waals surface area contributed by atoms with E-state index in [-0.39, 0.29) is 0 Å². The van der Waals surface area contributed by atoms with Crippen LogP contribution in [0.5, 0.6) is 5.75 Å². The van der Waals surface area contributed by atoms with Crippen molar-refractivity contribution >= 4 is 0 Å². The first kappa shape index (κ1) is 16.6. The number of hydrazine groups is 1. The Hall–Kier alpha value is -1.36. The van der Waals surface area contributed by atoms with Crippen LogP contribution in [0.4, 0.5) is 0 Å². The minimum absolute atomic E-state index is 0.396. The fourth-order valence-corrected chi connectivity index (χ4v) is 1.23. The van der Waals surface area contributed by atoms with E-state index in [0.29, 0.717) is 6.54 Å². The SMILES string of the molecule is C/C=C\C.COc1cccc(C(O)CN(C)N)c1. The number of methoxy groups -OCH3 is 1. The highest BCUT2D eigenvalue weighted by molar-refractivity contribution is 5.29. The lowest BCUT2D eigenvalue weighted by Gasteiger charge is -2.16. The molecule has 4 nitrogen and oxygen atoms in total. The van der Waals surface area contributed by atoms with E-state index in [1.54, 1.807) is 20.2 Å². The summed E-state index contributed by atoms with van der Waals surface area (Å²) >= 11 is 0. The van der Waals surface area contributed by atoms with Crippen molar-refractivity contribution < 1.29 is 9.84 Å². The molecule has 1 rings (SSSR count). The summed E-state index contributed by atoms with van der Waals surface area (Å²) in [5.41, 5.74) is 0.807. The van der Waals surface area contributed by atoms with Crippen molar-refractivity contribution in [2.75, 3.05) is 20.7 Å². The number of aliphatic hydroxyl groups is 1. The van der Waals surface area contributed by atoms with Crippen LogP contribution in [-0.2, 0) is 0 Å². The molecule has 1 aromatic rings. The molecule has 0 radical (unpaired) electrons. The standard InChI is InChI=1S/C10H16N2O2.C4H8/c1-12(11)7-10(13)8-4-3-5-9(6-8)14-2;1-3-4-2/h3-6,10,13H,7,11H2,1-2H3;3-4H,1-2H3/b;4-3-. The van der Waals surface area contributed by atoms with Gasteiger partial charge in [0, 0.05) is 13.6 Å². The zero-order chi connectivity index (χ0) is 14.0. The summed E-state index contributed by atoms with van der Waals surface area (Å²) in [6, 6.07) is 7.32. The fraction of sp³-hybridized carbons (Fsp3) is 0.429. The van der Waals surface area contributed by atoms with Gasteiger partial charge in [0.25, 0.3) is 0 Å². The molecule has 0 saturated heterocycles. The second kappa shape index (κ2) is 9.65. The van der Waals surface area contributed by atoms with E-state index in [2.05, 4.69) is 0 Å². The van der Waals surface area contributed by atoms with Crippen molar-refractivity contribution in [3.63, 3.8) is 0 Å². The molecule has 1 aromatic carbocycles. The molecular formula is C14H24N2O2. The van der Waals surface area contributed by atoms with Gasteiger partial charge in [0.15, 0.2) is 0 Å². The average molecular weight is 252 g/mol. The lowest BCUT2D eigenvalue weighted by molar-refractivity contribution is 0.127. The van der Waals surface area contributed by atoms with E-state index >= 15 is 0 Å².